The first-order valence-electron chi connectivity index (χ1n) is 5.05. The lowest BCUT2D eigenvalue weighted by molar-refractivity contribution is 0.212. The van der Waals surface area contributed by atoms with Crippen LogP contribution in [0.5, 0.6) is 0 Å². The Morgan fingerprint density at radius 1 is 1.40 bits per heavy atom. The van der Waals surface area contributed by atoms with E-state index in [1.807, 2.05) is 19.1 Å². The summed E-state index contributed by atoms with van der Waals surface area (Å²) in [5.74, 6) is 1.15. The van der Waals surface area contributed by atoms with Crippen molar-refractivity contribution < 1.29 is 4.84 Å². The maximum atomic E-state index is 5.84. The van der Waals surface area contributed by atoms with Crippen LogP contribution in [0.2, 0.25) is 5.02 Å². The van der Waals surface area contributed by atoms with Gasteiger partial charge in [-0.2, -0.15) is 0 Å². The molecule has 3 heteroatoms. The van der Waals surface area contributed by atoms with Crippen LogP contribution in [-0.4, -0.2) is 12.8 Å². The molecule has 2 nitrogen and oxygen atoms in total. The molecule has 1 aliphatic carbocycles. The third-order valence-electron chi connectivity index (χ3n) is 2.86. The predicted octanol–water partition coefficient (Wildman–Crippen LogP) is 3.47. The van der Waals surface area contributed by atoms with Gasteiger partial charge in [0, 0.05) is 10.9 Å². The van der Waals surface area contributed by atoms with Crippen molar-refractivity contribution in [1.82, 2.24) is 0 Å². The molecule has 0 bridgehead atoms. The van der Waals surface area contributed by atoms with Gasteiger partial charge in [0.15, 0.2) is 0 Å². The minimum Gasteiger partial charge on any atom is -0.399 e. The second kappa shape index (κ2) is 4.23. The topological polar surface area (TPSA) is 21.6 Å². The van der Waals surface area contributed by atoms with Crippen LogP contribution in [0.4, 0.5) is 0 Å². The smallest absolute Gasteiger partial charge is 0.106 e. The molecular weight excluding hydrogens is 210 g/mol. The quantitative estimate of drug-likeness (QED) is 0.568. The van der Waals surface area contributed by atoms with E-state index >= 15 is 0 Å². The molecule has 1 saturated carbocycles. The van der Waals surface area contributed by atoms with Gasteiger partial charge < -0.3 is 4.84 Å². The monoisotopic (exact) mass is 223 g/mol. The van der Waals surface area contributed by atoms with Crippen molar-refractivity contribution in [2.45, 2.75) is 19.3 Å². The van der Waals surface area contributed by atoms with Crippen LogP contribution in [0.3, 0.4) is 0 Å². The van der Waals surface area contributed by atoms with Gasteiger partial charge in [-0.05, 0) is 37.0 Å². The van der Waals surface area contributed by atoms with Crippen LogP contribution in [-0.2, 0) is 4.84 Å². The summed E-state index contributed by atoms with van der Waals surface area (Å²) in [6.45, 7) is 2.02. The fourth-order valence-electron chi connectivity index (χ4n) is 1.95. The summed E-state index contributed by atoms with van der Waals surface area (Å²) in [5, 5.41) is 4.76. The molecule has 1 aliphatic rings. The molecule has 0 N–H and O–H groups in total. The third kappa shape index (κ3) is 2.32. The summed E-state index contributed by atoms with van der Waals surface area (Å²) in [6.07, 6.45) is 1.17. The van der Waals surface area contributed by atoms with Crippen molar-refractivity contribution in [1.29, 1.82) is 0 Å². The van der Waals surface area contributed by atoms with E-state index in [2.05, 4.69) is 17.3 Å². The Morgan fingerprint density at radius 2 is 2.07 bits per heavy atom. The normalized spacial score (nSPS) is 25.1. The van der Waals surface area contributed by atoms with E-state index in [1.165, 1.54) is 12.0 Å². The SMILES string of the molecule is CO/N=C(/C)[C@@H]1C[C@@H]1c1ccc(Cl)cc1. The van der Waals surface area contributed by atoms with Crippen LogP contribution < -0.4 is 0 Å². The number of hydrogen-bond donors (Lipinski definition) is 0. The van der Waals surface area contributed by atoms with E-state index < -0.39 is 0 Å². The number of benzene rings is 1. The van der Waals surface area contributed by atoms with Gasteiger partial charge >= 0.3 is 0 Å². The number of rotatable bonds is 3. The van der Waals surface area contributed by atoms with Gasteiger partial charge in [-0.1, -0.05) is 28.9 Å². The van der Waals surface area contributed by atoms with E-state index in [-0.39, 0.29) is 0 Å². The van der Waals surface area contributed by atoms with Gasteiger partial charge in [0.25, 0.3) is 0 Å². The second-order valence-corrected chi connectivity index (χ2v) is 4.35. The third-order valence-corrected chi connectivity index (χ3v) is 3.11. The molecule has 0 aromatic heterocycles. The van der Waals surface area contributed by atoms with Gasteiger partial charge in [-0.15, -0.1) is 0 Å². The zero-order valence-corrected chi connectivity index (χ0v) is 9.66. The Kier molecular flexibility index (Phi) is 2.96. The minimum absolute atomic E-state index is 0.547. The molecule has 0 aliphatic heterocycles. The highest BCUT2D eigenvalue weighted by Gasteiger charge is 2.40. The van der Waals surface area contributed by atoms with Crippen molar-refractivity contribution in [3.63, 3.8) is 0 Å². The first-order chi connectivity index (χ1) is 7.22. The summed E-state index contributed by atoms with van der Waals surface area (Å²) in [5.41, 5.74) is 2.42. The molecule has 0 unspecified atom stereocenters. The molecule has 0 saturated heterocycles. The fraction of sp³-hybridized carbons (Fsp3) is 0.417. The zero-order valence-electron chi connectivity index (χ0n) is 8.90. The minimum atomic E-state index is 0.547. The Labute approximate surface area is 94.9 Å². The van der Waals surface area contributed by atoms with Crippen molar-refractivity contribution in [3.8, 4) is 0 Å². The molecule has 1 aromatic carbocycles. The lowest BCUT2D eigenvalue weighted by Gasteiger charge is -2.00. The van der Waals surface area contributed by atoms with Crippen molar-refractivity contribution in [2.75, 3.05) is 7.11 Å². The molecule has 80 valence electrons. The number of oxime groups is 1. The Morgan fingerprint density at radius 3 is 2.67 bits per heavy atom. The highest BCUT2D eigenvalue weighted by Crippen LogP contribution is 2.48. The maximum absolute atomic E-state index is 5.84. The second-order valence-electron chi connectivity index (χ2n) is 3.92. The van der Waals surface area contributed by atoms with Crippen molar-refractivity contribution >= 4 is 17.3 Å². The van der Waals surface area contributed by atoms with E-state index in [4.69, 9.17) is 16.4 Å². The fourth-order valence-corrected chi connectivity index (χ4v) is 2.07. The van der Waals surface area contributed by atoms with Gasteiger partial charge in [0.1, 0.15) is 7.11 Å². The number of hydrogen-bond acceptors (Lipinski definition) is 2. The summed E-state index contributed by atoms with van der Waals surface area (Å²) >= 11 is 5.84. The van der Waals surface area contributed by atoms with Crippen LogP contribution in [0.25, 0.3) is 0 Å². The van der Waals surface area contributed by atoms with Crippen molar-refractivity contribution in [2.24, 2.45) is 11.1 Å². The number of nitrogens with zero attached hydrogens (tertiary/aromatic N) is 1. The summed E-state index contributed by atoms with van der Waals surface area (Å²) in [4.78, 5) is 4.78. The van der Waals surface area contributed by atoms with Crippen LogP contribution in [0.1, 0.15) is 24.8 Å². The lowest BCUT2D eigenvalue weighted by Crippen LogP contribution is -1.97. The molecule has 1 fully saturated rings. The van der Waals surface area contributed by atoms with Gasteiger partial charge in [0.05, 0.1) is 5.71 Å². The standard InChI is InChI=1S/C12H14ClNO/c1-8(14-15-2)11-7-12(11)9-3-5-10(13)6-4-9/h3-6,11-12H,7H2,1-2H3/b14-8-/t11-,12+/m0/s1. The Balaban J connectivity index is 2.05. The first-order valence-corrected chi connectivity index (χ1v) is 5.43. The molecule has 1 aromatic rings. The molecule has 15 heavy (non-hydrogen) atoms. The van der Waals surface area contributed by atoms with Crippen molar-refractivity contribution in [3.05, 3.63) is 34.9 Å². The average Bonchev–Trinajstić information content (AvgIpc) is 2.99. The maximum Gasteiger partial charge on any atom is 0.106 e. The van der Waals surface area contributed by atoms with Crippen LogP contribution >= 0.6 is 11.6 Å². The van der Waals surface area contributed by atoms with E-state index in [9.17, 15) is 0 Å². The van der Waals surface area contributed by atoms with Gasteiger partial charge in [-0.3, -0.25) is 0 Å². The molecule has 0 spiro atoms. The highest BCUT2D eigenvalue weighted by molar-refractivity contribution is 6.30. The van der Waals surface area contributed by atoms with Crippen LogP contribution in [0.15, 0.2) is 29.4 Å². The zero-order chi connectivity index (χ0) is 10.8. The molecule has 2 atom stereocenters. The van der Waals surface area contributed by atoms with Gasteiger partial charge in [-0.25, -0.2) is 0 Å². The molecule has 0 amide bonds. The van der Waals surface area contributed by atoms with E-state index in [1.54, 1.807) is 7.11 Å². The average molecular weight is 224 g/mol. The summed E-state index contributed by atoms with van der Waals surface area (Å²) in [6, 6.07) is 8.06. The molecular formula is C12H14ClNO. The Hall–Kier alpha value is -1.02. The van der Waals surface area contributed by atoms with Gasteiger partial charge in [0.2, 0.25) is 0 Å². The predicted molar refractivity (Wildman–Crippen MR) is 62.4 cm³/mol. The van der Waals surface area contributed by atoms with E-state index in [0.717, 1.165) is 10.7 Å². The highest BCUT2D eigenvalue weighted by atomic mass is 35.5. The Bertz CT molecular complexity index is 372. The molecule has 0 radical (unpaired) electrons. The summed E-state index contributed by atoms with van der Waals surface area (Å²) < 4.78 is 0. The van der Waals surface area contributed by atoms with E-state index in [0.29, 0.717) is 11.8 Å². The lowest BCUT2D eigenvalue weighted by atomic mass is 10.1. The number of halogens is 1. The largest absolute Gasteiger partial charge is 0.399 e. The molecule has 2 rings (SSSR count). The molecule has 0 heterocycles. The van der Waals surface area contributed by atoms with Crippen LogP contribution in [0, 0.1) is 5.92 Å². The first kappa shape index (κ1) is 10.5. The summed E-state index contributed by atoms with van der Waals surface area (Å²) in [7, 11) is 1.59.